The Balaban J connectivity index is 1.58. The fraction of sp³-hybridized carbons (Fsp3) is 0.444. The minimum Gasteiger partial charge on any atom is -0.460 e. The van der Waals surface area contributed by atoms with Gasteiger partial charge in [-0.25, -0.2) is 27.5 Å². The van der Waals surface area contributed by atoms with Gasteiger partial charge in [0.05, 0.1) is 9.92 Å². The van der Waals surface area contributed by atoms with E-state index in [9.17, 15) is 12.8 Å². The lowest BCUT2D eigenvalue weighted by atomic mass is 9.94. The van der Waals surface area contributed by atoms with Gasteiger partial charge in [0.15, 0.2) is 0 Å². The molecule has 0 amide bonds. The fourth-order valence-electron chi connectivity index (χ4n) is 3.13. The second-order valence-corrected chi connectivity index (χ2v) is 8.84. The van der Waals surface area contributed by atoms with Gasteiger partial charge >= 0.3 is 6.01 Å². The molecule has 0 radical (unpaired) electrons. The van der Waals surface area contributed by atoms with Gasteiger partial charge in [0.2, 0.25) is 10.0 Å². The first-order chi connectivity index (χ1) is 12.7. The van der Waals surface area contributed by atoms with E-state index in [4.69, 9.17) is 16.3 Å². The molecule has 0 atom stereocenters. The highest BCUT2D eigenvalue weighted by molar-refractivity contribution is 7.89. The summed E-state index contributed by atoms with van der Waals surface area (Å²) >= 11 is 5.69. The van der Waals surface area contributed by atoms with Crippen molar-refractivity contribution in [3.05, 3.63) is 46.5 Å². The Kier molecular flexibility index (Phi) is 5.98. The number of rotatable bonds is 5. The smallest absolute Gasteiger partial charge is 0.317 e. The maximum atomic E-state index is 13.2. The Morgan fingerprint density at radius 1 is 1.11 bits per heavy atom. The minimum atomic E-state index is -3.75. The van der Waals surface area contributed by atoms with E-state index in [1.807, 2.05) is 19.9 Å². The van der Waals surface area contributed by atoms with Gasteiger partial charge in [0, 0.05) is 17.4 Å². The summed E-state index contributed by atoms with van der Waals surface area (Å²) in [5.74, 6) is -0.651. The van der Waals surface area contributed by atoms with E-state index in [-0.39, 0.29) is 22.1 Å². The molecule has 1 aromatic carbocycles. The van der Waals surface area contributed by atoms with Crippen LogP contribution in [0.2, 0.25) is 5.02 Å². The molecule has 1 N–H and O–H groups in total. The van der Waals surface area contributed by atoms with Crippen LogP contribution in [0, 0.1) is 19.7 Å². The third-order valence-electron chi connectivity index (χ3n) is 4.43. The van der Waals surface area contributed by atoms with Gasteiger partial charge in [-0.1, -0.05) is 11.6 Å². The van der Waals surface area contributed by atoms with E-state index < -0.39 is 15.8 Å². The van der Waals surface area contributed by atoms with E-state index in [1.165, 1.54) is 6.07 Å². The van der Waals surface area contributed by atoms with E-state index in [1.54, 1.807) is 0 Å². The van der Waals surface area contributed by atoms with Crippen molar-refractivity contribution in [1.82, 2.24) is 14.7 Å². The van der Waals surface area contributed by atoms with Crippen LogP contribution in [-0.4, -0.2) is 30.5 Å². The first-order valence-electron chi connectivity index (χ1n) is 8.69. The van der Waals surface area contributed by atoms with Crippen molar-refractivity contribution in [1.29, 1.82) is 0 Å². The number of aryl methyl sites for hydroxylation is 2. The highest BCUT2D eigenvalue weighted by atomic mass is 35.5. The second-order valence-electron chi connectivity index (χ2n) is 6.72. The largest absolute Gasteiger partial charge is 0.460 e. The summed E-state index contributed by atoms with van der Waals surface area (Å²) < 4.78 is 46.7. The number of nitrogens with one attached hydrogen (secondary N) is 1. The van der Waals surface area contributed by atoms with Crippen LogP contribution < -0.4 is 9.46 Å². The zero-order valence-electron chi connectivity index (χ0n) is 15.1. The molecule has 1 aliphatic rings. The number of hydrogen-bond acceptors (Lipinski definition) is 5. The van der Waals surface area contributed by atoms with Crippen molar-refractivity contribution >= 4 is 21.6 Å². The molecule has 1 fully saturated rings. The molecule has 9 heteroatoms. The summed E-state index contributed by atoms with van der Waals surface area (Å²) in [6, 6.07) is 5.39. The molecule has 3 rings (SSSR count). The number of sulfonamides is 1. The third kappa shape index (κ3) is 5.15. The van der Waals surface area contributed by atoms with Crippen molar-refractivity contribution < 1.29 is 17.5 Å². The van der Waals surface area contributed by atoms with Crippen LogP contribution in [0.3, 0.4) is 0 Å². The fourth-order valence-corrected chi connectivity index (χ4v) is 4.70. The molecule has 0 bridgehead atoms. The summed E-state index contributed by atoms with van der Waals surface area (Å²) in [4.78, 5) is 8.50. The Bertz CT molecular complexity index is 911. The number of benzene rings is 1. The summed E-state index contributed by atoms with van der Waals surface area (Å²) in [7, 11) is -3.75. The standard InChI is InChI=1S/C18H21ClFN3O3S/c1-11-9-12(2)22-18(21-11)26-14-5-3-13(4-6-14)23-27(24,25)15-7-8-17(20)16(19)10-15/h7-10,13-14,23H,3-6H2,1-2H3. The molecule has 0 unspecified atom stereocenters. The molecule has 1 aromatic heterocycles. The highest BCUT2D eigenvalue weighted by Gasteiger charge is 2.27. The zero-order chi connectivity index (χ0) is 19.6. The van der Waals surface area contributed by atoms with E-state index >= 15 is 0 Å². The monoisotopic (exact) mass is 413 g/mol. The van der Waals surface area contributed by atoms with Crippen LogP contribution in [0.1, 0.15) is 37.1 Å². The summed E-state index contributed by atoms with van der Waals surface area (Å²) in [5, 5.41) is -0.219. The predicted octanol–water partition coefficient (Wildman–Crippen LogP) is 3.55. The van der Waals surface area contributed by atoms with E-state index in [2.05, 4.69) is 14.7 Å². The Morgan fingerprint density at radius 3 is 2.33 bits per heavy atom. The average Bonchev–Trinajstić information content (AvgIpc) is 2.58. The van der Waals surface area contributed by atoms with Crippen molar-refractivity contribution in [2.45, 2.75) is 56.6 Å². The van der Waals surface area contributed by atoms with Crippen LogP contribution in [0.25, 0.3) is 0 Å². The molecule has 6 nitrogen and oxygen atoms in total. The zero-order valence-corrected chi connectivity index (χ0v) is 16.6. The molecule has 0 saturated heterocycles. The Labute approximate surface area is 163 Å². The molecule has 0 aliphatic heterocycles. The van der Waals surface area contributed by atoms with Crippen LogP contribution in [0.5, 0.6) is 6.01 Å². The summed E-state index contributed by atoms with van der Waals surface area (Å²) in [5.41, 5.74) is 1.69. The van der Waals surface area contributed by atoms with Crippen molar-refractivity contribution in [2.24, 2.45) is 0 Å². The number of halogens is 2. The quantitative estimate of drug-likeness (QED) is 0.810. The lowest BCUT2D eigenvalue weighted by molar-refractivity contribution is 0.131. The van der Waals surface area contributed by atoms with Gasteiger partial charge in [-0.3, -0.25) is 0 Å². The molecule has 146 valence electrons. The minimum absolute atomic E-state index is 0.0455. The number of nitrogens with zero attached hydrogens (tertiary/aromatic N) is 2. The van der Waals surface area contributed by atoms with Crippen LogP contribution in [0.4, 0.5) is 4.39 Å². The molecular formula is C18H21ClFN3O3S. The molecule has 1 aliphatic carbocycles. The highest BCUT2D eigenvalue weighted by Crippen LogP contribution is 2.25. The molecule has 0 spiro atoms. The van der Waals surface area contributed by atoms with Gasteiger partial charge < -0.3 is 4.74 Å². The van der Waals surface area contributed by atoms with Crippen molar-refractivity contribution in [2.75, 3.05) is 0 Å². The molecule has 1 saturated carbocycles. The Hall–Kier alpha value is -1.77. The number of ether oxygens (including phenoxy) is 1. The maximum Gasteiger partial charge on any atom is 0.317 e. The first kappa shape index (κ1) is 20.0. The average molecular weight is 414 g/mol. The third-order valence-corrected chi connectivity index (χ3v) is 6.24. The van der Waals surface area contributed by atoms with Gasteiger partial charge in [0.25, 0.3) is 0 Å². The Morgan fingerprint density at radius 2 is 1.74 bits per heavy atom. The van der Waals surface area contributed by atoms with Crippen molar-refractivity contribution in [3.63, 3.8) is 0 Å². The first-order valence-corrected chi connectivity index (χ1v) is 10.6. The SMILES string of the molecule is Cc1cc(C)nc(OC2CCC(NS(=O)(=O)c3ccc(F)c(Cl)c3)CC2)n1. The molecule has 27 heavy (non-hydrogen) atoms. The molecule has 1 heterocycles. The normalized spacial score (nSPS) is 20.4. The van der Waals surface area contributed by atoms with E-state index in [0.29, 0.717) is 31.7 Å². The van der Waals surface area contributed by atoms with E-state index in [0.717, 1.165) is 23.5 Å². The van der Waals surface area contributed by atoms with Gasteiger partial charge in [-0.2, -0.15) is 0 Å². The summed E-state index contributed by atoms with van der Waals surface area (Å²) in [6.07, 6.45) is 2.58. The second kappa shape index (κ2) is 8.08. The lowest BCUT2D eigenvalue weighted by Crippen LogP contribution is -2.39. The lowest BCUT2D eigenvalue weighted by Gasteiger charge is -2.28. The van der Waals surface area contributed by atoms with Gasteiger partial charge in [0.1, 0.15) is 11.9 Å². The van der Waals surface area contributed by atoms with Crippen LogP contribution in [-0.2, 0) is 10.0 Å². The van der Waals surface area contributed by atoms with Crippen molar-refractivity contribution in [3.8, 4) is 6.01 Å². The topological polar surface area (TPSA) is 81.2 Å². The van der Waals surface area contributed by atoms with Gasteiger partial charge in [-0.15, -0.1) is 0 Å². The summed E-state index contributed by atoms with van der Waals surface area (Å²) in [6.45, 7) is 3.77. The maximum absolute atomic E-state index is 13.2. The number of hydrogen-bond donors (Lipinski definition) is 1. The predicted molar refractivity (Wildman–Crippen MR) is 99.9 cm³/mol. The van der Waals surface area contributed by atoms with Gasteiger partial charge in [-0.05, 0) is 63.8 Å². The van der Waals surface area contributed by atoms with Crippen LogP contribution in [0.15, 0.2) is 29.2 Å². The molecule has 2 aromatic rings. The van der Waals surface area contributed by atoms with Crippen LogP contribution >= 0.6 is 11.6 Å². The number of aromatic nitrogens is 2. The molecular weight excluding hydrogens is 393 g/mol.